The summed E-state index contributed by atoms with van der Waals surface area (Å²) >= 11 is 3.49. The molecule has 0 radical (unpaired) electrons. The molecule has 3 heteroatoms. The fourth-order valence-electron chi connectivity index (χ4n) is 1.93. The average molecular weight is 263 g/mol. The van der Waals surface area contributed by atoms with Gasteiger partial charge in [-0.05, 0) is 48.6 Å². The highest BCUT2D eigenvalue weighted by Gasteiger charge is 2.20. The average Bonchev–Trinajstić information content (AvgIpc) is 2.33. The number of hydrogen-bond donors (Lipinski definition) is 1. The number of hydrogen-bond acceptors (Lipinski definition) is 1. The summed E-state index contributed by atoms with van der Waals surface area (Å²) in [6, 6.07) is 4.58. The molecule has 0 amide bonds. The molecule has 1 aromatic carbocycles. The van der Waals surface area contributed by atoms with E-state index >= 15 is 0 Å². The molecule has 1 aliphatic rings. The van der Waals surface area contributed by atoms with Crippen LogP contribution in [0, 0.1) is 6.92 Å². The highest BCUT2D eigenvalue weighted by Crippen LogP contribution is 2.33. The van der Waals surface area contributed by atoms with Crippen LogP contribution in [0.5, 0.6) is 0 Å². The van der Waals surface area contributed by atoms with Crippen molar-refractivity contribution in [3.63, 3.8) is 0 Å². The highest BCUT2D eigenvalue weighted by atomic mass is 79.9. The first-order valence-corrected chi connectivity index (χ1v) is 5.02. The van der Waals surface area contributed by atoms with Crippen molar-refractivity contribution in [2.45, 2.75) is 25.8 Å². The van der Waals surface area contributed by atoms with Gasteiger partial charge >= 0.3 is 0 Å². The smallest absolute Gasteiger partial charge is 0.0301 e. The summed E-state index contributed by atoms with van der Waals surface area (Å²) in [5.74, 6) is 0. The lowest BCUT2D eigenvalue weighted by molar-refractivity contribution is 0.713. The van der Waals surface area contributed by atoms with Gasteiger partial charge < -0.3 is 5.73 Å². The first-order valence-electron chi connectivity index (χ1n) is 4.23. The summed E-state index contributed by atoms with van der Waals surface area (Å²) in [5, 5.41) is 0. The topological polar surface area (TPSA) is 26.0 Å². The van der Waals surface area contributed by atoms with E-state index in [-0.39, 0.29) is 18.4 Å². The molecule has 0 aromatic heterocycles. The van der Waals surface area contributed by atoms with Crippen LogP contribution in [0.3, 0.4) is 0 Å². The monoisotopic (exact) mass is 261 g/mol. The van der Waals surface area contributed by atoms with Gasteiger partial charge in [0.2, 0.25) is 0 Å². The molecule has 0 spiro atoms. The van der Waals surface area contributed by atoms with Gasteiger partial charge in [0.05, 0.1) is 0 Å². The molecule has 0 saturated carbocycles. The zero-order valence-electron chi connectivity index (χ0n) is 7.51. The Morgan fingerprint density at radius 3 is 2.85 bits per heavy atom. The van der Waals surface area contributed by atoms with Gasteiger partial charge in [-0.3, -0.25) is 0 Å². The molecule has 13 heavy (non-hydrogen) atoms. The second-order valence-corrected chi connectivity index (χ2v) is 4.35. The van der Waals surface area contributed by atoms with Crippen LogP contribution >= 0.6 is 28.3 Å². The first-order chi connectivity index (χ1) is 5.68. The predicted molar refractivity (Wildman–Crippen MR) is 61.4 cm³/mol. The molecule has 72 valence electrons. The number of rotatable bonds is 0. The van der Waals surface area contributed by atoms with E-state index in [1.807, 2.05) is 0 Å². The van der Waals surface area contributed by atoms with Gasteiger partial charge in [-0.2, -0.15) is 0 Å². The van der Waals surface area contributed by atoms with Crippen LogP contribution in [0.4, 0.5) is 0 Å². The summed E-state index contributed by atoms with van der Waals surface area (Å²) in [5.41, 5.74) is 10.1. The Kier molecular flexibility index (Phi) is 3.38. The summed E-state index contributed by atoms with van der Waals surface area (Å²) in [7, 11) is 0. The zero-order valence-corrected chi connectivity index (χ0v) is 9.91. The molecule has 2 N–H and O–H groups in total. The zero-order chi connectivity index (χ0) is 8.72. The SMILES string of the molecule is Cc1cc(Br)cc2c1CC[C@@H]2N.Cl. The maximum Gasteiger partial charge on any atom is 0.0301 e. The van der Waals surface area contributed by atoms with Crippen LogP contribution < -0.4 is 5.73 Å². The molecular weight excluding hydrogens is 249 g/mol. The van der Waals surface area contributed by atoms with Crippen LogP contribution in [0.25, 0.3) is 0 Å². The molecule has 0 aliphatic heterocycles. The predicted octanol–water partition coefficient (Wildman–Crippen LogP) is 3.13. The Balaban J connectivity index is 0.000000845. The van der Waals surface area contributed by atoms with E-state index in [1.54, 1.807) is 0 Å². The number of halogens is 2. The molecule has 0 bridgehead atoms. The van der Waals surface area contributed by atoms with E-state index in [1.165, 1.54) is 16.7 Å². The van der Waals surface area contributed by atoms with Crippen molar-refractivity contribution in [3.8, 4) is 0 Å². The summed E-state index contributed by atoms with van der Waals surface area (Å²) in [6.07, 6.45) is 2.25. The van der Waals surface area contributed by atoms with Crippen molar-refractivity contribution >= 4 is 28.3 Å². The molecule has 1 nitrogen and oxygen atoms in total. The van der Waals surface area contributed by atoms with Gasteiger partial charge in [0.1, 0.15) is 0 Å². The minimum atomic E-state index is 0. The summed E-state index contributed by atoms with van der Waals surface area (Å²) in [4.78, 5) is 0. The standard InChI is InChI=1S/C10H12BrN.ClH/c1-6-4-7(11)5-9-8(6)2-3-10(9)12;/h4-5,10H,2-3,12H2,1H3;1H/t10-;/m0./s1. The van der Waals surface area contributed by atoms with Crippen molar-refractivity contribution in [1.82, 2.24) is 0 Å². The van der Waals surface area contributed by atoms with Crippen LogP contribution in [-0.4, -0.2) is 0 Å². The van der Waals surface area contributed by atoms with E-state index in [0.29, 0.717) is 0 Å². The first kappa shape index (κ1) is 11.0. The van der Waals surface area contributed by atoms with Crippen LogP contribution in [0.1, 0.15) is 29.2 Å². The molecule has 0 saturated heterocycles. The Labute approximate surface area is 93.2 Å². The molecule has 0 heterocycles. The highest BCUT2D eigenvalue weighted by molar-refractivity contribution is 9.10. The Hall–Kier alpha value is -0.0500. The van der Waals surface area contributed by atoms with E-state index in [0.717, 1.165) is 17.3 Å². The van der Waals surface area contributed by atoms with Crippen LogP contribution in [0.15, 0.2) is 16.6 Å². The second-order valence-electron chi connectivity index (χ2n) is 3.44. The second kappa shape index (κ2) is 3.99. The third-order valence-corrected chi connectivity index (χ3v) is 3.03. The molecule has 1 aliphatic carbocycles. The van der Waals surface area contributed by atoms with Gasteiger partial charge in [-0.25, -0.2) is 0 Å². The molecule has 1 aromatic rings. The van der Waals surface area contributed by atoms with Crippen molar-refractivity contribution in [2.24, 2.45) is 5.73 Å². The summed E-state index contributed by atoms with van der Waals surface area (Å²) < 4.78 is 1.15. The van der Waals surface area contributed by atoms with Gasteiger partial charge in [-0.15, -0.1) is 12.4 Å². The fourth-order valence-corrected chi connectivity index (χ4v) is 2.52. The molecule has 0 fully saturated rings. The van der Waals surface area contributed by atoms with E-state index < -0.39 is 0 Å². The van der Waals surface area contributed by atoms with E-state index in [2.05, 4.69) is 35.0 Å². The molecule has 0 unspecified atom stereocenters. The van der Waals surface area contributed by atoms with E-state index in [9.17, 15) is 0 Å². The van der Waals surface area contributed by atoms with Gasteiger partial charge in [0, 0.05) is 10.5 Å². The minimum Gasteiger partial charge on any atom is -0.324 e. The fraction of sp³-hybridized carbons (Fsp3) is 0.400. The molecular formula is C10H13BrClN. The number of aryl methyl sites for hydroxylation is 1. The Morgan fingerprint density at radius 2 is 2.15 bits per heavy atom. The maximum absolute atomic E-state index is 5.96. The minimum absolute atomic E-state index is 0. The van der Waals surface area contributed by atoms with Crippen LogP contribution in [-0.2, 0) is 6.42 Å². The number of nitrogens with two attached hydrogens (primary N) is 1. The largest absolute Gasteiger partial charge is 0.324 e. The number of fused-ring (bicyclic) bond motifs is 1. The van der Waals surface area contributed by atoms with Crippen molar-refractivity contribution in [2.75, 3.05) is 0 Å². The van der Waals surface area contributed by atoms with Gasteiger partial charge in [0.25, 0.3) is 0 Å². The number of benzene rings is 1. The third-order valence-electron chi connectivity index (χ3n) is 2.58. The van der Waals surface area contributed by atoms with Gasteiger partial charge in [0.15, 0.2) is 0 Å². The Bertz CT molecular complexity index is 325. The summed E-state index contributed by atoms with van der Waals surface area (Å²) in [6.45, 7) is 2.15. The molecule has 1 atom stereocenters. The lowest BCUT2D eigenvalue weighted by Crippen LogP contribution is -2.05. The quantitative estimate of drug-likeness (QED) is 0.764. The van der Waals surface area contributed by atoms with Crippen molar-refractivity contribution in [1.29, 1.82) is 0 Å². The van der Waals surface area contributed by atoms with Crippen molar-refractivity contribution in [3.05, 3.63) is 33.3 Å². The van der Waals surface area contributed by atoms with E-state index in [4.69, 9.17) is 5.73 Å². The third kappa shape index (κ3) is 1.90. The Morgan fingerprint density at radius 1 is 1.46 bits per heavy atom. The maximum atomic E-state index is 5.96. The van der Waals surface area contributed by atoms with Crippen molar-refractivity contribution < 1.29 is 0 Å². The van der Waals surface area contributed by atoms with Crippen LogP contribution in [0.2, 0.25) is 0 Å². The molecule has 2 rings (SSSR count). The lowest BCUT2D eigenvalue weighted by atomic mass is 10.0. The normalized spacial score (nSPS) is 19.5. The van der Waals surface area contributed by atoms with Gasteiger partial charge in [-0.1, -0.05) is 15.9 Å². The lowest BCUT2D eigenvalue weighted by Gasteiger charge is -2.07.